The Morgan fingerprint density at radius 2 is 1.81 bits per heavy atom. The van der Waals surface area contributed by atoms with Gasteiger partial charge < -0.3 is 20.4 Å². The van der Waals surface area contributed by atoms with Crippen molar-refractivity contribution in [3.05, 3.63) is 45.7 Å². The average Bonchev–Trinajstić information content (AvgIpc) is 2.67. The van der Waals surface area contributed by atoms with E-state index >= 15 is 0 Å². The SMILES string of the molecule is CC(=O)C1=C(O)[C@@]2(O)C(=O)C3=C(O)c4c(O)ccc(C)c4C[C@H]3C[C@H]2[C@H](N(C)C)C1=O. The van der Waals surface area contributed by atoms with Gasteiger partial charge in [0.2, 0.25) is 5.78 Å². The van der Waals surface area contributed by atoms with Crippen molar-refractivity contribution in [2.75, 3.05) is 14.1 Å². The van der Waals surface area contributed by atoms with E-state index in [-0.39, 0.29) is 23.3 Å². The van der Waals surface area contributed by atoms with E-state index in [1.165, 1.54) is 11.0 Å². The number of benzene rings is 1. The monoisotopic (exact) mass is 427 g/mol. The van der Waals surface area contributed by atoms with E-state index in [0.717, 1.165) is 12.5 Å². The van der Waals surface area contributed by atoms with Crippen LogP contribution < -0.4 is 0 Å². The third-order valence-corrected chi connectivity index (χ3v) is 6.94. The number of aryl methyl sites for hydroxylation is 1. The number of aromatic hydroxyl groups is 1. The Morgan fingerprint density at radius 1 is 1.16 bits per heavy atom. The highest BCUT2D eigenvalue weighted by molar-refractivity contribution is 6.25. The minimum absolute atomic E-state index is 0.103. The second-order valence-corrected chi connectivity index (χ2v) is 8.91. The topological polar surface area (TPSA) is 135 Å². The number of aliphatic hydroxyl groups excluding tert-OH is 2. The number of fused-ring (bicyclic) bond motifs is 3. The predicted octanol–water partition coefficient (Wildman–Crippen LogP) is 1.38. The number of aliphatic hydroxyl groups is 3. The number of rotatable bonds is 2. The van der Waals surface area contributed by atoms with Crippen LogP contribution >= 0.6 is 0 Å². The van der Waals surface area contributed by atoms with Crippen molar-refractivity contribution < 1.29 is 34.8 Å². The van der Waals surface area contributed by atoms with Crippen molar-refractivity contribution in [2.45, 2.75) is 38.3 Å². The summed E-state index contributed by atoms with van der Waals surface area (Å²) in [7, 11) is 3.21. The minimum atomic E-state index is -2.53. The molecule has 0 spiro atoms. The normalized spacial score (nSPS) is 30.3. The molecule has 0 bridgehead atoms. The maximum atomic E-state index is 13.6. The number of carbonyl (C=O) groups is 3. The molecule has 8 heteroatoms. The van der Waals surface area contributed by atoms with Crippen LogP contribution in [0.15, 0.2) is 29.0 Å². The van der Waals surface area contributed by atoms with Crippen molar-refractivity contribution in [2.24, 2.45) is 11.8 Å². The molecule has 31 heavy (non-hydrogen) atoms. The quantitative estimate of drug-likeness (QED) is 0.520. The largest absolute Gasteiger partial charge is 0.508 e. The van der Waals surface area contributed by atoms with E-state index in [0.29, 0.717) is 12.0 Å². The lowest BCUT2D eigenvalue weighted by Crippen LogP contribution is -2.65. The molecule has 3 aliphatic rings. The fraction of sp³-hybridized carbons (Fsp3) is 0.435. The number of hydrogen-bond acceptors (Lipinski definition) is 8. The van der Waals surface area contributed by atoms with Gasteiger partial charge in [-0.1, -0.05) is 6.07 Å². The van der Waals surface area contributed by atoms with Crippen LogP contribution in [0.4, 0.5) is 0 Å². The summed E-state index contributed by atoms with van der Waals surface area (Å²) >= 11 is 0. The van der Waals surface area contributed by atoms with Gasteiger partial charge in [-0.25, -0.2) is 0 Å². The van der Waals surface area contributed by atoms with Gasteiger partial charge in [0.15, 0.2) is 17.2 Å². The first kappa shape index (κ1) is 21.3. The molecule has 3 aliphatic carbocycles. The number of hydrogen-bond donors (Lipinski definition) is 4. The third kappa shape index (κ3) is 2.64. The molecule has 4 atom stereocenters. The van der Waals surface area contributed by atoms with Crippen LogP contribution in [0.5, 0.6) is 5.75 Å². The first-order chi connectivity index (χ1) is 14.4. The molecule has 0 amide bonds. The van der Waals surface area contributed by atoms with Gasteiger partial charge in [0, 0.05) is 11.5 Å². The third-order valence-electron chi connectivity index (χ3n) is 6.94. The average molecular weight is 427 g/mol. The first-order valence-electron chi connectivity index (χ1n) is 10.1. The van der Waals surface area contributed by atoms with Gasteiger partial charge in [-0.15, -0.1) is 0 Å². The molecule has 4 N–H and O–H groups in total. The highest BCUT2D eigenvalue weighted by Gasteiger charge is 2.63. The molecule has 0 aliphatic heterocycles. The van der Waals surface area contributed by atoms with E-state index in [1.807, 2.05) is 6.92 Å². The Labute approximate surface area is 179 Å². The predicted molar refractivity (Wildman–Crippen MR) is 110 cm³/mol. The number of Topliss-reactive ketones (excluding diaryl/α,β-unsaturated/α-hetero) is 3. The molecular formula is C23H25NO7. The maximum absolute atomic E-state index is 13.6. The molecule has 0 radical (unpaired) electrons. The summed E-state index contributed by atoms with van der Waals surface area (Å²) in [6.45, 7) is 2.92. The molecule has 0 saturated heterocycles. The van der Waals surface area contributed by atoms with Crippen LogP contribution in [0, 0.1) is 18.8 Å². The Bertz CT molecular complexity index is 1110. The summed E-state index contributed by atoms with van der Waals surface area (Å²) in [5.74, 6) is -5.47. The second-order valence-electron chi connectivity index (χ2n) is 8.91. The van der Waals surface area contributed by atoms with Crippen molar-refractivity contribution >= 4 is 23.1 Å². The van der Waals surface area contributed by atoms with E-state index < -0.39 is 57.9 Å². The van der Waals surface area contributed by atoms with Gasteiger partial charge in [-0.3, -0.25) is 19.3 Å². The van der Waals surface area contributed by atoms with Crippen molar-refractivity contribution in [1.29, 1.82) is 0 Å². The summed E-state index contributed by atoms with van der Waals surface area (Å²) in [6, 6.07) is 2.13. The smallest absolute Gasteiger partial charge is 0.202 e. The lowest BCUT2D eigenvalue weighted by atomic mass is 9.57. The Morgan fingerprint density at radius 3 is 2.39 bits per heavy atom. The van der Waals surface area contributed by atoms with E-state index in [1.54, 1.807) is 20.2 Å². The molecule has 1 saturated carbocycles. The zero-order valence-corrected chi connectivity index (χ0v) is 17.8. The lowest BCUT2D eigenvalue weighted by molar-refractivity contribution is -0.153. The number of phenolic OH excluding ortho intramolecular Hbond substituents is 1. The Balaban J connectivity index is 1.99. The van der Waals surface area contributed by atoms with Gasteiger partial charge in [0.05, 0.1) is 11.6 Å². The number of carbonyl (C=O) groups excluding carboxylic acids is 3. The number of ketones is 3. The van der Waals surface area contributed by atoms with Crippen molar-refractivity contribution in [3.63, 3.8) is 0 Å². The molecule has 1 aromatic rings. The number of likely N-dealkylation sites (N-methyl/N-ethyl adjacent to an activating group) is 1. The molecule has 8 nitrogen and oxygen atoms in total. The van der Waals surface area contributed by atoms with E-state index in [2.05, 4.69) is 0 Å². The zero-order valence-electron chi connectivity index (χ0n) is 17.8. The molecule has 4 rings (SSSR count). The van der Waals surface area contributed by atoms with Crippen LogP contribution in [-0.2, 0) is 20.8 Å². The highest BCUT2D eigenvalue weighted by atomic mass is 16.3. The number of phenols is 1. The van der Waals surface area contributed by atoms with Crippen LogP contribution in [0.2, 0.25) is 0 Å². The minimum Gasteiger partial charge on any atom is -0.508 e. The van der Waals surface area contributed by atoms with Gasteiger partial charge in [-0.05, 0) is 63.9 Å². The van der Waals surface area contributed by atoms with E-state index in [9.17, 15) is 34.8 Å². The number of nitrogens with zero attached hydrogens (tertiary/aromatic N) is 1. The summed E-state index contributed by atoms with van der Waals surface area (Å²) in [5.41, 5.74) is -1.57. The fourth-order valence-electron chi connectivity index (χ4n) is 5.50. The molecule has 164 valence electrons. The van der Waals surface area contributed by atoms with Gasteiger partial charge in [0.1, 0.15) is 22.8 Å². The van der Waals surface area contributed by atoms with Crippen LogP contribution in [0.3, 0.4) is 0 Å². The molecule has 1 aromatic carbocycles. The summed E-state index contributed by atoms with van der Waals surface area (Å²) in [4.78, 5) is 40.3. The van der Waals surface area contributed by atoms with Crippen LogP contribution in [0.1, 0.15) is 30.0 Å². The summed E-state index contributed by atoms with van der Waals surface area (Å²) < 4.78 is 0. The van der Waals surface area contributed by atoms with Gasteiger partial charge >= 0.3 is 0 Å². The summed E-state index contributed by atoms with van der Waals surface area (Å²) in [6.07, 6.45) is 0.450. The van der Waals surface area contributed by atoms with Crippen molar-refractivity contribution in [3.8, 4) is 5.75 Å². The molecule has 0 unspecified atom stereocenters. The first-order valence-corrected chi connectivity index (χ1v) is 10.1. The lowest BCUT2D eigenvalue weighted by Gasteiger charge is -2.50. The van der Waals surface area contributed by atoms with E-state index in [4.69, 9.17) is 0 Å². The molecule has 0 heterocycles. The Kier molecular flexibility index (Phi) is 4.64. The highest BCUT2D eigenvalue weighted by Crippen LogP contribution is 2.52. The zero-order chi connectivity index (χ0) is 23.0. The second kappa shape index (κ2) is 6.77. The van der Waals surface area contributed by atoms with Gasteiger partial charge in [-0.2, -0.15) is 0 Å². The Hall–Kier alpha value is -2.97. The standard InChI is InChI=1S/C23H25NO7/c1-9-5-6-14(26)17-12(9)7-11-8-13-18(24(3)4)20(28)15(10(2)25)21(29)23(13,31)22(30)16(11)19(17)27/h5-6,11,13,18,26-27,29,31H,7-8H2,1-4H3/t11-,13-,18-,23+/m0/s1. The summed E-state index contributed by atoms with van der Waals surface area (Å²) in [5, 5.41) is 43.6. The van der Waals surface area contributed by atoms with Crippen molar-refractivity contribution in [1.82, 2.24) is 4.90 Å². The molecule has 0 aromatic heterocycles. The van der Waals surface area contributed by atoms with Crippen LogP contribution in [-0.4, -0.2) is 68.4 Å². The van der Waals surface area contributed by atoms with Gasteiger partial charge in [0.25, 0.3) is 0 Å². The molecular weight excluding hydrogens is 402 g/mol. The maximum Gasteiger partial charge on any atom is 0.202 e. The van der Waals surface area contributed by atoms with Crippen LogP contribution in [0.25, 0.3) is 5.76 Å². The molecule has 1 fully saturated rings. The fourth-order valence-corrected chi connectivity index (χ4v) is 5.50.